The molecule has 1 aromatic carbocycles. The number of ether oxygens (including phenoxy) is 1. The van der Waals surface area contributed by atoms with Gasteiger partial charge in [0.2, 0.25) is 0 Å². The van der Waals surface area contributed by atoms with Crippen molar-refractivity contribution in [2.24, 2.45) is 0 Å². The van der Waals surface area contributed by atoms with E-state index < -0.39 is 0 Å². The average molecular weight is 448 g/mol. The smallest absolute Gasteiger partial charge is 0.270 e. The van der Waals surface area contributed by atoms with Crippen LogP contribution < -0.4 is 5.32 Å². The van der Waals surface area contributed by atoms with E-state index in [9.17, 15) is 9.18 Å². The third-order valence-electron chi connectivity index (χ3n) is 4.70. The third-order valence-corrected chi connectivity index (χ3v) is 6.54. The Morgan fingerprint density at radius 3 is 3.00 bits per heavy atom. The summed E-state index contributed by atoms with van der Waals surface area (Å²) >= 11 is 2.94. The molecule has 0 radical (unpaired) electrons. The van der Waals surface area contributed by atoms with Gasteiger partial charge in [-0.2, -0.15) is 0 Å². The summed E-state index contributed by atoms with van der Waals surface area (Å²) in [4.78, 5) is 16.4. The Morgan fingerprint density at radius 2 is 2.27 bits per heavy atom. The van der Waals surface area contributed by atoms with Crippen LogP contribution in [0.2, 0.25) is 0 Å². The second-order valence-corrected chi connectivity index (χ2v) is 8.94. The molecule has 1 fully saturated rings. The van der Waals surface area contributed by atoms with Gasteiger partial charge in [0.15, 0.2) is 5.16 Å². The number of halogens is 1. The van der Waals surface area contributed by atoms with E-state index in [2.05, 4.69) is 20.5 Å². The molecule has 1 aliphatic heterocycles. The summed E-state index contributed by atoms with van der Waals surface area (Å²) in [6.07, 6.45) is 2.69. The van der Waals surface area contributed by atoms with Crippen LogP contribution in [-0.2, 0) is 11.2 Å². The summed E-state index contributed by atoms with van der Waals surface area (Å²) in [6, 6.07) is 6.55. The molecule has 1 saturated heterocycles. The second-order valence-electron chi connectivity index (χ2n) is 6.89. The van der Waals surface area contributed by atoms with Crippen molar-refractivity contribution in [1.29, 1.82) is 0 Å². The number of nitrogens with one attached hydrogen (secondary N) is 1. The van der Waals surface area contributed by atoms with Crippen LogP contribution in [0.25, 0.3) is 5.69 Å². The number of benzene rings is 1. The molecule has 4 rings (SSSR count). The van der Waals surface area contributed by atoms with Crippen molar-refractivity contribution < 1.29 is 13.9 Å². The Bertz CT molecular complexity index is 1020. The molecule has 30 heavy (non-hydrogen) atoms. The molecule has 7 nitrogen and oxygen atoms in total. The van der Waals surface area contributed by atoms with Crippen molar-refractivity contribution >= 4 is 29.0 Å². The predicted molar refractivity (Wildman–Crippen MR) is 114 cm³/mol. The van der Waals surface area contributed by atoms with Crippen LogP contribution in [0.1, 0.15) is 34.2 Å². The molecule has 0 bridgehead atoms. The number of aromatic nitrogens is 4. The van der Waals surface area contributed by atoms with Gasteiger partial charge in [0.05, 0.1) is 16.8 Å². The van der Waals surface area contributed by atoms with E-state index in [1.54, 1.807) is 28.1 Å². The lowest BCUT2D eigenvalue weighted by Gasteiger charge is -2.13. The zero-order valence-electron chi connectivity index (χ0n) is 16.5. The predicted octanol–water partition coefficient (Wildman–Crippen LogP) is 3.41. The number of hydrogen-bond acceptors (Lipinski definition) is 7. The zero-order chi connectivity index (χ0) is 20.9. The SMILES string of the molecule is Cc1nc(C(=O)NCCc2nnc(SCC3CCCO3)n2-c2ccccc2F)cs1. The number of rotatable bonds is 8. The lowest BCUT2D eigenvalue weighted by Crippen LogP contribution is -2.26. The summed E-state index contributed by atoms with van der Waals surface area (Å²) in [6.45, 7) is 2.99. The lowest BCUT2D eigenvalue weighted by atomic mass is 10.3. The van der Waals surface area contributed by atoms with Crippen LogP contribution in [0.5, 0.6) is 0 Å². The van der Waals surface area contributed by atoms with Gasteiger partial charge in [-0.15, -0.1) is 21.5 Å². The van der Waals surface area contributed by atoms with Gasteiger partial charge in [-0.3, -0.25) is 9.36 Å². The van der Waals surface area contributed by atoms with Gasteiger partial charge in [-0.25, -0.2) is 9.37 Å². The van der Waals surface area contributed by atoms with Crippen LogP contribution in [0.4, 0.5) is 4.39 Å². The standard InChI is InChI=1S/C20H22FN5O2S2/c1-13-23-16(12-29-13)19(27)22-9-8-18-24-25-20(30-11-14-5-4-10-28-14)26(18)17-7-3-2-6-15(17)21/h2-3,6-7,12,14H,4-5,8-11H2,1H3,(H,22,27). The molecule has 1 unspecified atom stereocenters. The maximum atomic E-state index is 14.5. The number of thiazole rings is 1. The fourth-order valence-corrected chi connectivity index (χ4v) is 4.84. The van der Waals surface area contributed by atoms with Crippen LogP contribution in [0.3, 0.4) is 0 Å². The largest absolute Gasteiger partial charge is 0.377 e. The molecule has 1 atom stereocenters. The summed E-state index contributed by atoms with van der Waals surface area (Å²) in [7, 11) is 0. The minimum absolute atomic E-state index is 0.185. The molecule has 0 spiro atoms. The molecule has 3 heterocycles. The third kappa shape index (κ3) is 4.88. The number of hydrogen-bond donors (Lipinski definition) is 1. The van der Waals surface area contributed by atoms with Gasteiger partial charge in [0.1, 0.15) is 17.3 Å². The number of para-hydroxylation sites is 1. The van der Waals surface area contributed by atoms with Gasteiger partial charge in [-0.1, -0.05) is 23.9 Å². The summed E-state index contributed by atoms with van der Waals surface area (Å²) < 4.78 is 22.0. The maximum Gasteiger partial charge on any atom is 0.270 e. The first-order valence-corrected chi connectivity index (χ1v) is 11.6. The van der Waals surface area contributed by atoms with E-state index in [0.29, 0.717) is 35.3 Å². The van der Waals surface area contributed by atoms with E-state index in [-0.39, 0.29) is 17.8 Å². The summed E-state index contributed by atoms with van der Waals surface area (Å²) in [5.41, 5.74) is 0.801. The summed E-state index contributed by atoms with van der Waals surface area (Å²) in [5, 5.41) is 14.6. The van der Waals surface area contributed by atoms with Crippen LogP contribution >= 0.6 is 23.1 Å². The molecule has 1 amide bonds. The minimum atomic E-state index is -0.348. The minimum Gasteiger partial charge on any atom is -0.377 e. The zero-order valence-corrected chi connectivity index (χ0v) is 18.1. The number of thioether (sulfide) groups is 1. The van der Waals surface area contributed by atoms with Crippen molar-refractivity contribution in [1.82, 2.24) is 25.1 Å². The number of nitrogens with zero attached hydrogens (tertiary/aromatic N) is 4. The van der Waals surface area contributed by atoms with E-state index >= 15 is 0 Å². The van der Waals surface area contributed by atoms with Crippen molar-refractivity contribution in [2.45, 2.75) is 37.4 Å². The Morgan fingerprint density at radius 1 is 1.40 bits per heavy atom. The molecular formula is C20H22FN5O2S2. The molecule has 0 aliphatic carbocycles. The highest BCUT2D eigenvalue weighted by Gasteiger charge is 2.21. The Balaban J connectivity index is 1.48. The van der Waals surface area contributed by atoms with E-state index in [4.69, 9.17) is 4.74 Å². The van der Waals surface area contributed by atoms with E-state index in [0.717, 1.165) is 30.2 Å². The van der Waals surface area contributed by atoms with Crippen LogP contribution in [0.15, 0.2) is 34.8 Å². The highest BCUT2D eigenvalue weighted by atomic mass is 32.2. The average Bonchev–Trinajstić information content (AvgIpc) is 3.48. The summed E-state index contributed by atoms with van der Waals surface area (Å²) in [5.74, 6) is 0.750. The lowest BCUT2D eigenvalue weighted by molar-refractivity contribution is 0.0949. The second kappa shape index (κ2) is 9.67. The van der Waals surface area contributed by atoms with Crippen LogP contribution in [0, 0.1) is 12.7 Å². The molecule has 1 aliphatic rings. The molecular weight excluding hydrogens is 425 g/mol. The molecule has 1 N–H and O–H groups in total. The molecule has 0 saturated carbocycles. The van der Waals surface area contributed by atoms with Crippen molar-refractivity contribution in [3.8, 4) is 5.69 Å². The number of aryl methyl sites for hydroxylation is 1. The monoisotopic (exact) mass is 447 g/mol. The maximum absolute atomic E-state index is 14.5. The van der Waals surface area contributed by atoms with Gasteiger partial charge in [0, 0.05) is 30.7 Å². The van der Waals surface area contributed by atoms with Gasteiger partial charge in [-0.05, 0) is 31.9 Å². The Labute approximate surface area is 182 Å². The quantitative estimate of drug-likeness (QED) is 0.533. The van der Waals surface area contributed by atoms with E-state index in [1.165, 1.54) is 29.2 Å². The first-order valence-electron chi connectivity index (χ1n) is 9.75. The number of carbonyl (C=O) groups is 1. The van der Waals surface area contributed by atoms with Gasteiger partial charge >= 0.3 is 0 Å². The van der Waals surface area contributed by atoms with Crippen LogP contribution in [-0.4, -0.2) is 50.7 Å². The first kappa shape index (κ1) is 21.0. The Kier molecular flexibility index (Phi) is 6.76. The van der Waals surface area contributed by atoms with Gasteiger partial charge < -0.3 is 10.1 Å². The molecule has 10 heteroatoms. The fourth-order valence-electron chi connectivity index (χ4n) is 3.22. The normalized spacial score (nSPS) is 16.1. The first-order chi connectivity index (χ1) is 14.6. The van der Waals surface area contributed by atoms with Crippen molar-refractivity contribution in [3.05, 3.63) is 52.0 Å². The molecule has 2 aromatic heterocycles. The Hall–Kier alpha value is -2.30. The fraction of sp³-hybridized carbons (Fsp3) is 0.400. The topological polar surface area (TPSA) is 81.9 Å². The van der Waals surface area contributed by atoms with Crippen molar-refractivity contribution in [3.63, 3.8) is 0 Å². The van der Waals surface area contributed by atoms with Gasteiger partial charge in [0.25, 0.3) is 5.91 Å². The number of carbonyl (C=O) groups excluding carboxylic acids is 1. The number of amides is 1. The highest BCUT2D eigenvalue weighted by molar-refractivity contribution is 7.99. The molecule has 158 valence electrons. The van der Waals surface area contributed by atoms with Crippen molar-refractivity contribution in [2.75, 3.05) is 18.9 Å². The molecule has 3 aromatic rings. The van der Waals surface area contributed by atoms with E-state index in [1.807, 2.05) is 6.92 Å². The highest BCUT2D eigenvalue weighted by Crippen LogP contribution is 2.27.